The van der Waals surface area contributed by atoms with E-state index in [2.05, 4.69) is 27.8 Å². The van der Waals surface area contributed by atoms with Crippen LogP contribution >= 0.6 is 23.1 Å². The van der Waals surface area contributed by atoms with E-state index in [1.807, 2.05) is 30.3 Å². The van der Waals surface area contributed by atoms with Gasteiger partial charge < -0.3 is 10.1 Å². The van der Waals surface area contributed by atoms with Crippen LogP contribution in [0.2, 0.25) is 0 Å². The minimum atomic E-state index is -0.273. The van der Waals surface area contributed by atoms with Gasteiger partial charge in [-0.25, -0.2) is 0 Å². The van der Waals surface area contributed by atoms with Crippen molar-refractivity contribution in [2.24, 2.45) is 0 Å². The standard InChI is InChI=1S/C21H22N4O3S2/c1-2-3-13-28-17-11-9-15(10-12-17)19(27)23-20-24-25-21(30-20)29-14-18(26)22-16-7-5-4-6-8-16/h4-12H,2-3,13-14H2,1H3,(H,22,26)(H,23,24,27). The maximum absolute atomic E-state index is 12.4. The molecule has 2 amide bonds. The number of hydrogen-bond donors (Lipinski definition) is 2. The summed E-state index contributed by atoms with van der Waals surface area (Å²) in [6, 6.07) is 16.2. The Balaban J connectivity index is 1.46. The molecule has 2 aromatic carbocycles. The van der Waals surface area contributed by atoms with Crippen LogP contribution in [0.3, 0.4) is 0 Å². The molecule has 9 heteroatoms. The van der Waals surface area contributed by atoms with E-state index in [0.717, 1.165) is 24.3 Å². The molecule has 1 aromatic heterocycles. The summed E-state index contributed by atoms with van der Waals surface area (Å²) in [7, 11) is 0. The van der Waals surface area contributed by atoms with E-state index >= 15 is 0 Å². The predicted molar refractivity (Wildman–Crippen MR) is 121 cm³/mol. The van der Waals surface area contributed by atoms with Gasteiger partial charge in [0, 0.05) is 11.3 Å². The molecule has 1 heterocycles. The molecule has 3 aromatic rings. The minimum absolute atomic E-state index is 0.131. The first-order valence-corrected chi connectivity index (χ1v) is 11.3. The fraction of sp³-hybridized carbons (Fsp3) is 0.238. The van der Waals surface area contributed by atoms with Crippen molar-refractivity contribution in [3.8, 4) is 5.75 Å². The van der Waals surface area contributed by atoms with Gasteiger partial charge in [-0.15, -0.1) is 10.2 Å². The van der Waals surface area contributed by atoms with Crippen molar-refractivity contribution in [3.63, 3.8) is 0 Å². The molecule has 0 saturated heterocycles. The quantitative estimate of drug-likeness (QED) is 0.269. The number of amides is 2. The second kappa shape index (κ2) is 11.3. The fourth-order valence-electron chi connectivity index (χ4n) is 2.37. The molecule has 0 bridgehead atoms. The number of nitrogens with zero attached hydrogens (tertiary/aromatic N) is 2. The molecule has 0 atom stereocenters. The van der Waals surface area contributed by atoms with Crippen LogP contribution in [0.5, 0.6) is 5.75 Å². The van der Waals surface area contributed by atoms with E-state index in [1.165, 1.54) is 23.1 Å². The monoisotopic (exact) mass is 442 g/mol. The molecule has 7 nitrogen and oxygen atoms in total. The molecular formula is C21H22N4O3S2. The average Bonchev–Trinajstić information content (AvgIpc) is 3.21. The Kier molecular flexibility index (Phi) is 8.22. The Bertz CT molecular complexity index is 962. The molecule has 156 valence electrons. The minimum Gasteiger partial charge on any atom is -0.494 e. The van der Waals surface area contributed by atoms with Crippen LogP contribution in [0, 0.1) is 0 Å². The molecule has 0 saturated carbocycles. The molecule has 0 aliphatic heterocycles. The Morgan fingerprint density at radius 2 is 1.80 bits per heavy atom. The van der Waals surface area contributed by atoms with Gasteiger partial charge in [0.1, 0.15) is 5.75 Å². The van der Waals surface area contributed by atoms with Gasteiger partial charge in [-0.2, -0.15) is 0 Å². The molecule has 0 radical (unpaired) electrons. The van der Waals surface area contributed by atoms with Gasteiger partial charge in [0.2, 0.25) is 11.0 Å². The van der Waals surface area contributed by atoms with Crippen molar-refractivity contribution in [1.29, 1.82) is 0 Å². The highest BCUT2D eigenvalue weighted by molar-refractivity contribution is 8.01. The Morgan fingerprint density at radius 1 is 1.03 bits per heavy atom. The second-order valence-corrected chi connectivity index (χ2v) is 8.46. The van der Waals surface area contributed by atoms with Crippen LogP contribution in [-0.4, -0.2) is 34.4 Å². The summed E-state index contributed by atoms with van der Waals surface area (Å²) in [5.74, 6) is 0.540. The molecule has 0 spiro atoms. The summed E-state index contributed by atoms with van der Waals surface area (Å²) >= 11 is 2.49. The highest BCUT2D eigenvalue weighted by atomic mass is 32.2. The van der Waals surface area contributed by atoms with E-state index in [1.54, 1.807) is 24.3 Å². The number of nitrogens with one attached hydrogen (secondary N) is 2. The van der Waals surface area contributed by atoms with Crippen molar-refractivity contribution in [2.75, 3.05) is 23.0 Å². The highest BCUT2D eigenvalue weighted by Gasteiger charge is 2.12. The van der Waals surface area contributed by atoms with Crippen molar-refractivity contribution in [1.82, 2.24) is 10.2 Å². The lowest BCUT2D eigenvalue weighted by Crippen LogP contribution is -2.13. The number of anilines is 2. The maximum Gasteiger partial charge on any atom is 0.257 e. The van der Waals surface area contributed by atoms with Gasteiger partial charge >= 0.3 is 0 Å². The normalized spacial score (nSPS) is 10.4. The van der Waals surface area contributed by atoms with Crippen molar-refractivity contribution in [2.45, 2.75) is 24.1 Å². The zero-order valence-corrected chi connectivity index (χ0v) is 18.1. The number of hydrogen-bond acceptors (Lipinski definition) is 7. The van der Waals surface area contributed by atoms with E-state index in [0.29, 0.717) is 21.6 Å². The Labute approximate surface area is 183 Å². The summed E-state index contributed by atoms with van der Waals surface area (Å²) in [4.78, 5) is 24.4. The summed E-state index contributed by atoms with van der Waals surface area (Å²) < 4.78 is 6.20. The number of carbonyl (C=O) groups excluding carboxylic acids is 2. The smallest absolute Gasteiger partial charge is 0.257 e. The highest BCUT2D eigenvalue weighted by Crippen LogP contribution is 2.26. The summed E-state index contributed by atoms with van der Waals surface area (Å²) in [6.45, 7) is 2.77. The van der Waals surface area contributed by atoms with E-state index in [4.69, 9.17) is 4.74 Å². The predicted octanol–water partition coefficient (Wildman–Crippen LogP) is 4.70. The molecule has 3 rings (SSSR count). The van der Waals surface area contributed by atoms with Crippen molar-refractivity contribution in [3.05, 3.63) is 60.2 Å². The number of benzene rings is 2. The first kappa shape index (κ1) is 21.8. The maximum atomic E-state index is 12.4. The fourth-order valence-corrected chi connectivity index (χ4v) is 3.92. The SMILES string of the molecule is CCCCOc1ccc(C(=O)Nc2nnc(SCC(=O)Nc3ccccc3)s2)cc1. The van der Waals surface area contributed by atoms with Gasteiger partial charge in [0.25, 0.3) is 5.91 Å². The number of carbonyl (C=O) groups is 2. The van der Waals surface area contributed by atoms with E-state index < -0.39 is 0 Å². The zero-order valence-electron chi connectivity index (χ0n) is 16.5. The van der Waals surface area contributed by atoms with Gasteiger partial charge in [-0.05, 0) is 42.8 Å². The van der Waals surface area contributed by atoms with Gasteiger partial charge in [0.05, 0.1) is 12.4 Å². The second-order valence-electron chi connectivity index (χ2n) is 6.26. The first-order chi connectivity index (χ1) is 14.6. The van der Waals surface area contributed by atoms with E-state index in [9.17, 15) is 9.59 Å². The van der Waals surface area contributed by atoms with Crippen LogP contribution in [0.1, 0.15) is 30.1 Å². The lowest BCUT2D eigenvalue weighted by atomic mass is 10.2. The Hall–Kier alpha value is -2.91. The average molecular weight is 443 g/mol. The number of thioether (sulfide) groups is 1. The first-order valence-electron chi connectivity index (χ1n) is 9.49. The molecule has 0 unspecified atom stereocenters. The topological polar surface area (TPSA) is 93.2 Å². The van der Waals surface area contributed by atoms with Crippen molar-refractivity contribution >= 4 is 45.7 Å². The van der Waals surface area contributed by atoms with Crippen molar-refractivity contribution < 1.29 is 14.3 Å². The third-order valence-electron chi connectivity index (χ3n) is 3.89. The largest absolute Gasteiger partial charge is 0.494 e. The Morgan fingerprint density at radius 3 is 2.53 bits per heavy atom. The molecule has 30 heavy (non-hydrogen) atoms. The van der Waals surface area contributed by atoms with Crippen LogP contribution in [0.25, 0.3) is 0 Å². The van der Waals surface area contributed by atoms with Crippen LogP contribution < -0.4 is 15.4 Å². The number of para-hydroxylation sites is 1. The zero-order chi connectivity index (χ0) is 21.2. The summed E-state index contributed by atoms with van der Waals surface area (Å²) in [6.07, 6.45) is 2.06. The third-order valence-corrected chi connectivity index (χ3v) is 5.87. The lowest BCUT2D eigenvalue weighted by Gasteiger charge is -2.06. The van der Waals surface area contributed by atoms with Crippen LogP contribution in [-0.2, 0) is 4.79 Å². The number of unbranched alkanes of at least 4 members (excludes halogenated alkanes) is 1. The summed E-state index contributed by atoms with van der Waals surface area (Å²) in [5.41, 5.74) is 1.25. The number of rotatable bonds is 10. The van der Waals surface area contributed by atoms with Crippen LogP contribution in [0.15, 0.2) is 58.9 Å². The molecular weight excluding hydrogens is 420 g/mol. The molecule has 2 N–H and O–H groups in total. The molecule has 0 aliphatic carbocycles. The van der Waals surface area contributed by atoms with Gasteiger partial charge in [0.15, 0.2) is 4.34 Å². The third kappa shape index (κ3) is 6.85. The van der Waals surface area contributed by atoms with Gasteiger partial charge in [-0.1, -0.05) is 54.6 Å². The van der Waals surface area contributed by atoms with Crippen LogP contribution in [0.4, 0.5) is 10.8 Å². The van der Waals surface area contributed by atoms with Gasteiger partial charge in [-0.3, -0.25) is 14.9 Å². The summed E-state index contributed by atoms with van der Waals surface area (Å²) in [5, 5.41) is 13.9. The number of aromatic nitrogens is 2. The molecule has 0 aliphatic rings. The van der Waals surface area contributed by atoms with E-state index in [-0.39, 0.29) is 17.6 Å². The lowest BCUT2D eigenvalue weighted by molar-refractivity contribution is -0.113. The molecule has 0 fully saturated rings. The number of ether oxygens (including phenoxy) is 1.